The number of aliphatic hydroxyl groups is 2. The van der Waals surface area contributed by atoms with Crippen molar-refractivity contribution in [2.45, 2.75) is 273 Å². The first kappa shape index (κ1) is 88.1. The summed E-state index contributed by atoms with van der Waals surface area (Å²) in [4.78, 5) is 75.7. The first-order chi connectivity index (χ1) is 50.4. The number of aromatic nitrogens is 3. The van der Waals surface area contributed by atoms with E-state index in [4.69, 9.17) is 103 Å². The molecular formula is C80H117Cl4N9O13. The molecule has 3 aromatic carbocycles. The number of halogens is 4. The Bertz CT molecular complexity index is 3670. The van der Waals surface area contributed by atoms with E-state index in [-0.39, 0.29) is 43.2 Å². The number of pyridine rings is 3. The van der Waals surface area contributed by atoms with Gasteiger partial charge in [-0.25, -0.2) is 29.3 Å². The van der Waals surface area contributed by atoms with Crippen molar-refractivity contribution in [2.75, 3.05) is 44.2 Å². The van der Waals surface area contributed by atoms with Crippen LogP contribution in [-0.2, 0) is 53.2 Å². The van der Waals surface area contributed by atoms with Gasteiger partial charge in [-0.3, -0.25) is 29.3 Å². The van der Waals surface area contributed by atoms with E-state index in [2.05, 4.69) is 59.4 Å². The lowest BCUT2D eigenvalue weighted by Crippen LogP contribution is -2.53. The fourth-order valence-corrected chi connectivity index (χ4v) is 13.6. The average Bonchev–Trinajstić information content (AvgIpc) is 0.810. The van der Waals surface area contributed by atoms with Crippen molar-refractivity contribution >= 4 is 108 Å². The summed E-state index contributed by atoms with van der Waals surface area (Å²) in [5.74, 6) is -0.419. The molecule has 14 rings (SSSR count). The Labute approximate surface area is 647 Å². The van der Waals surface area contributed by atoms with Gasteiger partial charge in [-0.2, -0.15) is 0 Å². The van der Waals surface area contributed by atoms with Crippen molar-refractivity contribution in [2.24, 2.45) is 17.2 Å². The second kappa shape index (κ2) is 42.9. The van der Waals surface area contributed by atoms with Gasteiger partial charge < -0.3 is 52.8 Å². The van der Waals surface area contributed by atoms with Gasteiger partial charge in [0.25, 0.3) is 0 Å². The number of benzene rings is 3. The molecule has 6 aromatic rings. The largest absolute Gasteiger partial charge is 0.393 e. The highest BCUT2D eigenvalue weighted by Gasteiger charge is 2.46. The number of hydrogen-bond donors (Lipinski definition) is 8. The molecule has 8 aliphatic rings. The zero-order valence-corrected chi connectivity index (χ0v) is 66.2. The van der Waals surface area contributed by atoms with Crippen LogP contribution in [0, 0.1) is 0 Å². The Balaban J connectivity index is 0.000000206. The van der Waals surface area contributed by atoms with E-state index in [1.165, 1.54) is 32.8 Å². The summed E-state index contributed by atoms with van der Waals surface area (Å²) < 4.78 is 11.7. The van der Waals surface area contributed by atoms with Crippen LogP contribution in [-0.4, -0.2) is 147 Å². The van der Waals surface area contributed by atoms with Gasteiger partial charge in [0.15, 0.2) is 0 Å². The summed E-state index contributed by atoms with van der Waals surface area (Å²) in [6.07, 6.45) is 27.2. The number of nitrogens with two attached hydrogens (primary N) is 3. The Morgan fingerprint density at radius 2 is 0.877 bits per heavy atom. The summed E-state index contributed by atoms with van der Waals surface area (Å²) in [6, 6.07) is 26.5. The first-order valence-corrected chi connectivity index (χ1v) is 38.9. The second-order valence-corrected chi connectivity index (χ2v) is 32.4. The van der Waals surface area contributed by atoms with Gasteiger partial charge in [0.2, 0.25) is 11.6 Å². The van der Waals surface area contributed by atoms with Crippen molar-refractivity contribution < 1.29 is 64.8 Å². The third-order valence-electron chi connectivity index (χ3n) is 19.4. The SMILES string of the molecule is C=C(C)CO.CC1(C)COC2(CCC(=O)CC2)OO1.CC1(C)COC2(CCC(NC3CCC(Nc4ccnc5cc(Cl)ccc45)CC3)CC2)OO1.COOC(C)(C)CO.Clc1ccc2c(Cl)ccnc2c1.NC1CCC(N)CC1.NC1CCC(Nc2ccnc3cc(Cl)ccc23)CC1.O=C1CCC(=O)CC1.[2HH]. The van der Waals surface area contributed by atoms with E-state index in [0.717, 1.165) is 137 Å². The number of aliphatic hydroxyl groups excluding tert-OH is 2. The van der Waals surface area contributed by atoms with Gasteiger partial charge in [0.1, 0.15) is 34.2 Å². The molecule has 2 aliphatic heterocycles. The zero-order valence-electron chi connectivity index (χ0n) is 63.2. The van der Waals surface area contributed by atoms with E-state index in [0.29, 0.717) is 117 Å². The third kappa shape index (κ3) is 30.3. The monoisotopic (exact) mass is 1550 g/mol. The fraction of sp³-hybridized carbons (Fsp3) is 0.600. The molecule has 2 spiro atoms. The number of ketones is 3. The minimum absolute atomic E-state index is 0. The van der Waals surface area contributed by atoms with Gasteiger partial charge in [0, 0.05) is 169 Å². The number of carbonyl (C=O) groups is 3. The summed E-state index contributed by atoms with van der Waals surface area (Å²) in [7, 11) is 1.41. The summed E-state index contributed by atoms with van der Waals surface area (Å²) >= 11 is 23.8. The van der Waals surface area contributed by atoms with Crippen LogP contribution in [0.3, 0.4) is 0 Å². The van der Waals surface area contributed by atoms with E-state index in [1.54, 1.807) is 45.2 Å². The second-order valence-electron chi connectivity index (χ2n) is 30.7. The van der Waals surface area contributed by atoms with Crippen molar-refractivity contribution in [1.29, 1.82) is 0 Å². The number of fused-ring (bicyclic) bond motifs is 3. The number of nitrogens with zero attached hydrogens (tertiary/aromatic N) is 3. The molecule has 8 fully saturated rings. The van der Waals surface area contributed by atoms with Crippen LogP contribution in [0.2, 0.25) is 20.1 Å². The number of ether oxygens (including phenoxy) is 2. The van der Waals surface area contributed by atoms with Crippen LogP contribution in [0.25, 0.3) is 32.7 Å². The molecule has 0 bridgehead atoms. The fourth-order valence-electron chi connectivity index (χ4n) is 12.9. The van der Waals surface area contributed by atoms with Gasteiger partial charge in [-0.1, -0.05) is 58.6 Å². The number of nitrogens with one attached hydrogen (secondary N) is 3. The van der Waals surface area contributed by atoms with Crippen LogP contribution in [0.15, 0.2) is 104 Å². The summed E-state index contributed by atoms with van der Waals surface area (Å²) in [5, 5.41) is 33.9. The molecule has 106 heavy (non-hydrogen) atoms. The summed E-state index contributed by atoms with van der Waals surface area (Å²) in [5.41, 5.74) is 21.7. The molecule has 588 valence electrons. The normalized spacial score (nSPS) is 25.2. The maximum Gasteiger partial charge on any atom is 0.202 e. The summed E-state index contributed by atoms with van der Waals surface area (Å²) in [6.45, 7) is 17.6. The topological polar surface area (TPSA) is 318 Å². The lowest BCUT2D eigenvalue weighted by molar-refractivity contribution is -0.511. The molecule has 11 N–H and O–H groups in total. The molecule has 0 radical (unpaired) electrons. The van der Waals surface area contributed by atoms with Crippen LogP contribution in [0.4, 0.5) is 11.4 Å². The molecule has 5 heterocycles. The Kier molecular flexibility index (Phi) is 35.6. The van der Waals surface area contributed by atoms with E-state index in [1.807, 2.05) is 82.6 Å². The van der Waals surface area contributed by atoms with Crippen molar-refractivity contribution in [3.8, 4) is 0 Å². The molecular weight excluding hydrogens is 1440 g/mol. The molecule has 2 saturated heterocycles. The highest BCUT2D eigenvalue weighted by molar-refractivity contribution is 6.36. The number of hydrogen-bond acceptors (Lipinski definition) is 22. The number of rotatable bonds is 10. The molecule has 0 amide bonds. The number of carbonyl (C=O) groups excluding carboxylic acids is 3. The van der Waals surface area contributed by atoms with Crippen molar-refractivity contribution in [3.63, 3.8) is 0 Å². The Hall–Kier alpha value is -5.16. The number of Topliss-reactive ketones (excluding diaryl/α,β-unsaturated/α-hetero) is 3. The molecule has 0 unspecified atom stereocenters. The molecule has 6 aliphatic carbocycles. The minimum atomic E-state index is -0.649. The molecule has 22 nitrogen and oxygen atoms in total. The van der Waals surface area contributed by atoms with E-state index < -0.39 is 17.2 Å². The van der Waals surface area contributed by atoms with Crippen molar-refractivity contribution in [1.82, 2.24) is 20.3 Å². The lowest BCUT2D eigenvalue weighted by atomic mass is 9.86. The zero-order chi connectivity index (χ0) is 77.1. The quantitative estimate of drug-likeness (QED) is 0.0359. The maximum absolute atomic E-state index is 11.1. The molecule has 3 aromatic heterocycles. The molecule has 26 heteroatoms. The van der Waals surface area contributed by atoms with E-state index in [9.17, 15) is 14.4 Å². The Morgan fingerprint density at radius 3 is 1.25 bits per heavy atom. The highest BCUT2D eigenvalue weighted by atomic mass is 35.5. The average molecular weight is 1560 g/mol. The number of anilines is 2. The van der Waals surface area contributed by atoms with Gasteiger partial charge in [-0.15, -0.1) is 0 Å². The molecule has 0 atom stereocenters. The molecule has 6 saturated carbocycles. The van der Waals surface area contributed by atoms with E-state index >= 15 is 0 Å². The third-order valence-corrected chi connectivity index (χ3v) is 20.4. The van der Waals surface area contributed by atoms with Crippen LogP contribution < -0.4 is 33.2 Å². The first-order valence-electron chi connectivity index (χ1n) is 37.4. The van der Waals surface area contributed by atoms with Gasteiger partial charge in [-0.05, 0) is 211 Å². The highest BCUT2D eigenvalue weighted by Crippen LogP contribution is 2.40. The smallest absolute Gasteiger partial charge is 0.202 e. The van der Waals surface area contributed by atoms with Crippen LogP contribution in [0.1, 0.15) is 204 Å². The van der Waals surface area contributed by atoms with Crippen LogP contribution >= 0.6 is 46.4 Å². The van der Waals surface area contributed by atoms with Gasteiger partial charge in [0.05, 0.1) is 55.1 Å². The maximum atomic E-state index is 11.1. The predicted molar refractivity (Wildman–Crippen MR) is 424 cm³/mol. The standard InChI is InChI=1S/C25H34ClN3O3.C15H18ClN3.C10H16O4.C9H5Cl2N.C6H14N2.C6H8O2.C5H12O3.C4H8O.H2/c1-24(2)16-30-25(32-31-24)12-9-20(10-13-25)28-18-4-6-19(7-5-18)29-22-11-14-27-23-15-17(26)3-8-21(22)23;16-10-1-6-13-14(7-8-18-15(13)9-10)19-12-4-2-11(17)3-5-12;1-9(2)7-12-10(14-13-9)5-3-8(11)4-6-10;10-6-1-2-7-8(11)3-4-12-9(7)5-6;2*7-5-1-2-6(8)4-3-5;1-5(2,4-6)8-7-3;1-4(2)3-5;/h3,8,11,14-15,18-20,28H,4-7,9-10,12-13,16H2,1-2H3,(H,27,29);1,6-9,11-12H,2-5,17H2,(H,18,19);3-7H2,1-2H3;1-5H;5-6H,1-4,7-8H2;1-4H2;6H,4H2,1-3H3;5H,1,3H2,2H3;1H/i;;;;;;;;1+1. The lowest BCUT2D eigenvalue weighted by Gasteiger charge is -2.45. The minimum Gasteiger partial charge on any atom is -0.393 e. The van der Waals surface area contributed by atoms with Crippen LogP contribution in [0.5, 0.6) is 0 Å². The van der Waals surface area contributed by atoms with Crippen molar-refractivity contribution in [3.05, 3.63) is 124 Å². The Morgan fingerprint density at radius 1 is 0.528 bits per heavy atom. The van der Waals surface area contributed by atoms with Gasteiger partial charge >= 0.3 is 0 Å². The predicted octanol–water partition coefficient (Wildman–Crippen LogP) is 16.3.